The molecule has 2 rings (SSSR count). The van der Waals surface area contributed by atoms with Gasteiger partial charge >= 0.3 is 0 Å². The average Bonchev–Trinajstić information content (AvgIpc) is 2.53. The Morgan fingerprint density at radius 1 is 1.40 bits per heavy atom. The van der Waals surface area contributed by atoms with Crippen molar-refractivity contribution in [3.63, 3.8) is 0 Å². The minimum Gasteiger partial charge on any atom is -0.350 e. The van der Waals surface area contributed by atoms with Gasteiger partial charge in [-0.15, -0.1) is 0 Å². The van der Waals surface area contributed by atoms with Gasteiger partial charge in [-0.1, -0.05) is 0 Å². The number of rotatable bonds is 3. The summed E-state index contributed by atoms with van der Waals surface area (Å²) in [7, 11) is 3.88. The maximum atomic E-state index is 13.1. The number of hydrogen-bond acceptors (Lipinski definition) is 1. The van der Waals surface area contributed by atoms with Gasteiger partial charge in [-0.2, -0.15) is 0 Å². The van der Waals surface area contributed by atoms with Crippen molar-refractivity contribution in [2.45, 2.75) is 6.42 Å². The standard InChI is InChI=1S/C12H15FN2/c1-14-6-5-9-8-15(2)12-7-10(13)3-4-11(9)12/h3-4,7-8,14H,5-6H2,1-2H3. The van der Waals surface area contributed by atoms with Gasteiger partial charge in [-0.05, 0) is 43.8 Å². The zero-order valence-corrected chi connectivity index (χ0v) is 9.05. The van der Waals surface area contributed by atoms with Crippen LogP contribution in [0.3, 0.4) is 0 Å². The molecule has 2 nitrogen and oxygen atoms in total. The van der Waals surface area contributed by atoms with E-state index in [1.165, 1.54) is 11.6 Å². The van der Waals surface area contributed by atoms with Crippen molar-refractivity contribution in [1.82, 2.24) is 9.88 Å². The minimum absolute atomic E-state index is 0.177. The highest BCUT2D eigenvalue weighted by Gasteiger charge is 2.06. The van der Waals surface area contributed by atoms with Gasteiger partial charge in [-0.3, -0.25) is 0 Å². The van der Waals surface area contributed by atoms with Crippen molar-refractivity contribution in [2.24, 2.45) is 7.05 Å². The molecule has 0 radical (unpaired) electrons. The fourth-order valence-corrected chi connectivity index (χ4v) is 1.90. The number of aromatic nitrogens is 1. The number of halogens is 1. The Bertz CT molecular complexity index is 474. The van der Waals surface area contributed by atoms with Crippen molar-refractivity contribution < 1.29 is 4.39 Å². The molecule has 1 aromatic carbocycles. The van der Waals surface area contributed by atoms with E-state index in [4.69, 9.17) is 0 Å². The van der Waals surface area contributed by atoms with E-state index < -0.39 is 0 Å². The first kappa shape index (κ1) is 10.2. The molecule has 0 bridgehead atoms. The Morgan fingerprint density at radius 3 is 2.93 bits per heavy atom. The molecule has 3 heteroatoms. The number of nitrogens with zero attached hydrogens (tertiary/aromatic N) is 1. The molecule has 15 heavy (non-hydrogen) atoms. The third kappa shape index (κ3) is 1.88. The molecule has 1 N–H and O–H groups in total. The van der Waals surface area contributed by atoms with Crippen molar-refractivity contribution in [2.75, 3.05) is 13.6 Å². The lowest BCUT2D eigenvalue weighted by atomic mass is 10.1. The zero-order valence-electron chi connectivity index (χ0n) is 9.05. The third-order valence-corrected chi connectivity index (χ3v) is 2.68. The Labute approximate surface area is 88.7 Å². The summed E-state index contributed by atoms with van der Waals surface area (Å²) >= 11 is 0. The highest BCUT2D eigenvalue weighted by molar-refractivity contribution is 5.84. The monoisotopic (exact) mass is 206 g/mol. The summed E-state index contributed by atoms with van der Waals surface area (Å²) in [6, 6.07) is 4.96. The molecule has 1 aromatic heterocycles. The van der Waals surface area contributed by atoms with Crippen LogP contribution < -0.4 is 5.32 Å². The second-order valence-electron chi connectivity index (χ2n) is 3.78. The van der Waals surface area contributed by atoms with Crippen LogP contribution in [0.2, 0.25) is 0 Å². The molecule has 0 spiro atoms. The van der Waals surface area contributed by atoms with Gasteiger partial charge in [-0.25, -0.2) is 4.39 Å². The summed E-state index contributed by atoms with van der Waals surface area (Å²) in [5.74, 6) is -0.177. The van der Waals surface area contributed by atoms with Gasteiger partial charge in [0.2, 0.25) is 0 Å². The van der Waals surface area contributed by atoms with Crippen LogP contribution in [-0.4, -0.2) is 18.2 Å². The first-order valence-corrected chi connectivity index (χ1v) is 5.10. The third-order valence-electron chi connectivity index (χ3n) is 2.68. The molecule has 0 fully saturated rings. The topological polar surface area (TPSA) is 17.0 Å². The Morgan fingerprint density at radius 2 is 2.20 bits per heavy atom. The van der Waals surface area contributed by atoms with Gasteiger partial charge in [0.1, 0.15) is 5.82 Å². The van der Waals surface area contributed by atoms with E-state index in [9.17, 15) is 4.39 Å². The predicted octanol–water partition coefficient (Wildman–Crippen LogP) is 2.08. The van der Waals surface area contributed by atoms with Crippen LogP contribution in [0.5, 0.6) is 0 Å². The van der Waals surface area contributed by atoms with Crippen molar-refractivity contribution in [3.8, 4) is 0 Å². The van der Waals surface area contributed by atoms with Crippen LogP contribution in [0.4, 0.5) is 4.39 Å². The lowest BCUT2D eigenvalue weighted by molar-refractivity contribution is 0.629. The van der Waals surface area contributed by atoms with E-state index in [2.05, 4.69) is 11.5 Å². The number of hydrogen-bond donors (Lipinski definition) is 1. The number of benzene rings is 1. The number of nitrogens with one attached hydrogen (secondary N) is 1. The van der Waals surface area contributed by atoms with E-state index in [1.807, 2.05) is 24.7 Å². The molecule has 0 aliphatic rings. The van der Waals surface area contributed by atoms with E-state index in [0.29, 0.717) is 0 Å². The molecular weight excluding hydrogens is 191 g/mol. The summed E-state index contributed by atoms with van der Waals surface area (Å²) in [5, 5.41) is 4.27. The predicted molar refractivity (Wildman–Crippen MR) is 60.5 cm³/mol. The number of fused-ring (bicyclic) bond motifs is 1. The molecular formula is C12H15FN2. The minimum atomic E-state index is -0.177. The van der Waals surface area contributed by atoms with E-state index >= 15 is 0 Å². The molecule has 80 valence electrons. The molecule has 0 aliphatic carbocycles. The second kappa shape index (κ2) is 4.03. The SMILES string of the molecule is CNCCc1cn(C)c2cc(F)ccc12. The number of aryl methyl sites for hydroxylation is 1. The van der Waals surface area contributed by atoms with Gasteiger partial charge in [0.05, 0.1) is 5.52 Å². The summed E-state index contributed by atoms with van der Waals surface area (Å²) in [4.78, 5) is 0. The highest BCUT2D eigenvalue weighted by Crippen LogP contribution is 2.21. The van der Waals surface area contributed by atoms with Gasteiger partial charge in [0, 0.05) is 18.6 Å². The van der Waals surface area contributed by atoms with Gasteiger partial charge < -0.3 is 9.88 Å². The van der Waals surface area contributed by atoms with Crippen molar-refractivity contribution >= 4 is 10.9 Å². The zero-order chi connectivity index (χ0) is 10.8. The van der Waals surface area contributed by atoms with Crippen LogP contribution >= 0.6 is 0 Å². The molecule has 0 amide bonds. The first-order chi connectivity index (χ1) is 7.22. The molecule has 0 atom stereocenters. The maximum Gasteiger partial charge on any atom is 0.125 e. The second-order valence-corrected chi connectivity index (χ2v) is 3.78. The molecule has 1 heterocycles. The highest BCUT2D eigenvalue weighted by atomic mass is 19.1. The average molecular weight is 206 g/mol. The normalized spacial score (nSPS) is 11.1. The summed E-state index contributed by atoms with van der Waals surface area (Å²) in [5.41, 5.74) is 2.22. The van der Waals surface area contributed by atoms with E-state index in [1.54, 1.807) is 6.07 Å². The lowest BCUT2D eigenvalue weighted by Gasteiger charge is -1.98. The summed E-state index contributed by atoms with van der Waals surface area (Å²) in [6.45, 7) is 0.941. The quantitative estimate of drug-likeness (QED) is 0.813. The summed E-state index contributed by atoms with van der Waals surface area (Å²) < 4.78 is 15.0. The van der Waals surface area contributed by atoms with Gasteiger partial charge in [0.25, 0.3) is 0 Å². The summed E-state index contributed by atoms with van der Waals surface area (Å²) in [6.07, 6.45) is 3.04. The smallest absolute Gasteiger partial charge is 0.125 e. The van der Waals surface area contributed by atoms with Crippen LogP contribution in [0.15, 0.2) is 24.4 Å². The van der Waals surface area contributed by atoms with Crippen molar-refractivity contribution in [3.05, 3.63) is 35.8 Å². The first-order valence-electron chi connectivity index (χ1n) is 5.10. The lowest BCUT2D eigenvalue weighted by Crippen LogP contribution is -2.09. The molecule has 0 saturated heterocycles. The fourth-order valence-electron chi connectivity index (χ4n) is 1.90. The van der Waals surface area contributed by atoms with E-state index in [0.717, 1.165) is 23.9 Å². The number of likely N-dealkylation sites (N-methyl/N-ethyl adjacent to an activating group) is 1. The van der Waals surface area contributed by atoms with Crippen LogP contribution in [0, 0.1) is 5.82 Å². The largest absolute Gasteiger partial charge is 0.350 e. The van der Waals surface area contributed by atoms with Crippen LogP contribution in [0.25, 0.3) is 10.9 Å². The van der Waals surface area contributed by atoms with Crippen molar-refractivity contribution in [1.29, 1.82) is 0 Å². The maximum absolute atomic E-state index is 13.1. The Hall–Kier alpha value is -1.35. The van der Waals surface area contributed by atoms with E-state index in [-0.39, 0.29) is 5.82 Å². The van der Waals surface area contributed by atoms with Crippen LogP contribution in [-0.2, 0) is 13.5 Å². The Balaban J connectivity index is 2.48. The Kier molecular flexibility index (Phi) is 2.73. The molecule has 0 aliphatic heterocycles. The fraction of sp³-hybridized carbons (Fsp3) is 0.333. The molecule has 2 aromatic rings. The molecule has 0 unspecified atom stereocenters. The van der Waals surface area contributed by atoms with Crippen LogP contribution in [0.1, 0.15) is 5.56 Å². The van der Waals surface area contributed by atoms with Gasteiger partial charge in [0.15, 0.2) is 0 Å². The molecule has 0 saturated carbocycles.